The summed E-state index contributed by atoms with van der Waals surface area (Å²) in [5, 5.41) is 7.40. The van der Waals surface area contributed by atoms with Gasteiger partial charge >= 0.3 is 11.8 Å². The topological polar surface area (TPSA) is 89.0 Å². The third-order valence-corrected chi connectivity index (χ3v) is 5.48. The van der Waals surface area contributed by atoms with Gasteiger partial charge in [0, 0.05) is 27.7 Å². The zero-order valence-corrected chi connectivity index (χ0v) is 19.9. The lowest BCUT2D eigenvalue weighted by atomic mass is 10.1. The molecule has 3 aromatic carbocycles. The van der Waals surface area contributed by atoms with E-state index in [0.717, 1.165) is 5.56 Å². The van der Waals surface area contributed by atoms with E-state index >= 15 is 0 Å². The highest BCUT2D eigenvalue weighted by Gasteiger charge is 2.14. The zero-order valence-electron chi connectivity index (χ0n) is 18.4. The Balaban J connectivity index is 1.60. The van der Waals surface area contributed by atoms with E-state index in [1.165, 1.54) is 13.3 Å². The number of nitrogens with one attached hydrogen (secondary N) is 2. The molecule has 0 unspecified atom stereocenters. The summed E-state index contributed by atoms with van der Waals surface area (Å²) in [5.74, 6) is -0.815. The average molecular weight is 500 g/mol. The molecule has 9 heteroatoms. The molecule has 0 atom stereocenters. The summed E-state index contributed by atoms with van der Waals surface area (Å²) >= 11 is 12.4. The molecule has 0 fully saturated rings. The van der Waals surface area contributed by atoms with Crippen molar-refractivity contribution in [1.82, 2.24) is 10.7 Å². The second-order valence-corrected chi connectivity index (χ2v) is 7.87. The van der Waals surface area contributed by atoms with Crippen LogP contribution in [0.25, 0.3) is 0 Å². The minimum atomic E-state index is -0.877. The summed E-state index contributed by atoms with van der Waals surface area (Å²) in [5.41, 5.74) is 4.42. The molecule has 2 N–H and O–H groups in total. The first-order chi connectivity index (χ1) is 16.5. The van der Waals surface area contributed by atoms with Gasteiger partial charge in [-0.2, -0.15) is 5.10 Å². The molecule has 176 valence electrons. The summed E-state index contributed by atoms with van der Waals surface area (Å²) in [6.45, 7) is 0.425. The largest absolute Gasteiger partial charge is 0.493 e. The van der Waals surface area contributed by atoms with Gasteiger partial charge in [-0.3, -0.25) is 9.59 Å². The van der Waals surface area contributed by atoms with Gasteiger partial charge in [-0.15, -0.1) is 0 Å². The summed E-state index contributed by atoms with van der Waals surface area (Å²) < 4.78 is 11.3. The number of amides is 2. The highest BCUT2D eigenvalue weighted by molar-refractivity contribution is 6.36. The fourth-order valence-electron chi connectivity index (χ4n) is 3.02. The van der Waals surface area contributed by atoms with E-state index in [2.05, 4.69) is 15.8 Å². The van der Waals surface area contributed by atoms with E-state index < -0.39 is 11.8 Å². The first-order valence-corrected chi connectivity index (χ1v) is 11.1. The number of carbonyl (C=O) groups excluding carboxylic acids is 2. The maximum absolute atomic E-state index is 12.0. The minimum Gasteiger partial charge on any atom is -0.493 e. The fraction of sp³-hybridized carbons (Fsp3) is 0.160. The van der Waals surface area contributed by atoms with Crippen LogP contribution in [0.5, 0.6) is 11.5 Å². The molecule has 0 saturated heterocycles. The van der Waals surface area contributed by atoms with Crippen molar-refractivity contribution in [3.8, 4) is 11.5 Å². The highest BCUT2D eigenvalue weighted by Crippen LogP contribution is 2.32. The molecule has 0 aliphatic carbocycles. The van der Waals surface area contributed by atoms with Gasteiger partial charge in [0.2, 0.25) is 0 Å². The number of hydrazone groups is 1. The number of ether oxygens (including phenoxy) is 2. The average Bonchev–Trinajstić information content (AvgIpc) is 2.84. The lowest BCUT2D eigenvalue weighted by Gasteiger charge is -2.14. The van der Waals surface area contributed by atoms with Crippen LogP contribution in [-0.2, 0) is 22.6 Å². The van der Waals surface area contributed by atoms with E-state index in [0.29, 0.717) is 45.6 Å². The number of nitrogens with zero attached hydrogens (tertiary/aromatic N) is 1. The van der Waals surface area contributed by atoms with E-state index in [-0.39, 0.29) is 6.61 Å². The zero-order chi connectivity index (χ0) is 24.3. The standard InChI is InChI=1S/C25H23Cl2N3O4/c1-33-22-12-5-9-18(23(22)34-16-19-20(26)10-6-11-21(19)27)15-29-30-25(32)24(31)28-14-13-17-7-3-2-4-8-17/h2-12,15H,13-14,16H2,1H3,(H,28,31)(H,30,32)/b29-15-. The molecule has 34 heavy (non-hydrogen) atoms. The van der Waals surface area contributed by atoms with Crippen LogP contribution >= 0.6 is 23.2 Å². The molecular weight excluding hydrogens is 477 g/mol. The molecule has 0 aromatic heterocycles. The van der Waals surface area contributed by atoms with Gasteiger partial charge < -0.3 is 14.8 Å². The maximum atomic E-state index is 12.0. The Labute approximate surface area is 207 Å². The fourth-order valence-corrected chi connectivity index (χ4v) is 3.53. The van der Waals surface area contributed by atoms with Crippen molar-refractivity contribution in [3.63, 3.8) is 0 Å². The van der Waals surface area contributed by atoms with E-state index in [1.54, 1.807) is 36.4 Å². The van der Waals surface area contributed by atoms with Crippen LogP contribution in [0.4, 0.5) is 0 Å². The predicted octanol–water partition coefficient (Wildman–Crippen LogP) is 4.39. The van der Waals surface area contributed by atoms with Gasteiger partial charge in [0.15, 0.2) is 11.5 Å². The number of halogens is 2. The highest BCUT2D eigenvalue weighted by atomic mass is 35.5. The molecule has 0 spiro atoms. The van der Waals surface area contributed by atoms with Crippen LogP contribution in [0.2, 0.25) is 10.0 Å². The molecule has 2 amide bonds. The van der Waals surface area contributed by atoms with Gasteiger partial charge in [0.05, 0.1) is 13.3 Å². The Morgan fingerprint density at radius 3 is 2.35 bits per heavy atom. The minimum absolute atomic E-state index is 0.0932. The molecule has 0 heterocycles. The van der Waals surface area contributed by atoms with Gasteiger partial charge in [0.1, 0.15) is 6.61 Å². The summed E-state index contributed by atoms with van der Waals surface area (Å²) in [7, 11) is 1.51. The SMILES string of the molecule is COc1cccc(/C=N\NC(=O)C(=O)NCCc2ccccc2)c1OCc1c(Cl)cccc1Cl. The van der Waals surface area contributed by atoms with Crippen molar-refractivity contribution in [1.29, 1.82) is 0 Å². The lowest BCUT2D eigenvalue weighted by Crippen LogP contribution is -2.38. The monoisotopic (exact) mass is 499 g/mol. The lowest BCUT2D eigenvalue weighted by molar-refractivity contribution is -0.139. The maximum Gasteiger partial charge on any atom is 0.329 e. The van der Waals surface area contributed by atoms with Crippen molar-refractivity contribution in [2.75, 3.05) is 13.7 Å². The molecule has 0 aliphatic heterocycles. The number of hydrogen-bond acceptors (Lipinski definition) is 5. The Morgan fingerprint density at radius 1 is 0.941 bits per heavy atom. The first-order valence-electron chi connectivity index (χ1n) is 10.4. The predicted molar refractivity (Wildman–Crippen MR) is 133 cm³/mol. The summed E-state index contributed by atoms with van der Waals surface area (Å²) in [6.07, 6.45) is 1.98. The van der Waals surface area contributed by atoms with E-state index in [1.807, 2.05) is 30.3 Å². The van der Waals surface area contributed by atoms with Crippen molar-refractivity contribution in [3.05, 3.63) is 93.5 Å². The first kappa shape index (κ1) is 25.1. The van der Waals surface area contributed by atoms with Crippen LogP contribution in [0.1, 0.15) is 16.7 Å². The number of carbonyl (C=O) groups is 2. The van der Waals surface area contributed by atoms with Crippen LogP contribution in [-0.4, -0.2) is 31.7 Å². The molecule has 3 aromatic rings. The third kappa shape index (κ3) is 6.97. The van der Waals surface area contributed by atoms with Gasteiger partial charge in [0.25, 0.3) is 0 Å². The molecule has 0 bridgehead atoms. The van der Waals surface area contributed by atoms with E-state index in [4.69, 9.17) is 32.7 Å². The molecule has 0 radical (unpaired) electrons. The summed E-state index contributed by atoms with van der Waals surface area (Å²) in [4.78, 5) is 24.0. The van der Waals surface area contributed by atoms with Crippen molar-refractivity contribution < 1.29 is 19.1 Å². The summed E-state index contributed by atoms with van der Waals surface area (Å²) in [6, 6.07) is 20.0. The van der Waals surface area contributed by atoms with Crippen LogP contribution in [0.3, 0.4) is 0 Å². The van der Waals surface area contributed by atoms with Crippen molar-refractivity contribution in [2.45, 2.75) is 13.0 Å². The molecule has 3 rings (SSSR count). The number of benzene rings is 3. The van der Waals surface area contributed by atoms with Crippen molar-refractivity contribution >= 4 is 41.2 Å². The number of methoxy groups -OCH3 is 1. The Kier molecular flexibility index (Phi) is 9.31. The van der Waals surface area contributed by atoms with Crippen LogP contribution < -0.4 is 20.2 Å². The number of rotatable bonds is 9. The molecule has 0 aliphatic rings. The third-order valence-electron chi connectivity index (χ3n) is 4.77. The van der Waals surface area contributed by atoms with Gasteiger partial charge in [-0.25, -0.2) is 5.43 Å². The Hall–Kier alpha value is -3.55. The quantitative estimate of drug-likeness (QED) is 0.259. The smallest absolute Gasteiger partial charge is 0.329 e. The van der Waals surface area contributed by atoms with Crippen molar-refractivity contribution in [2.24, 2.45) is 5.10 Å². The molecule has 0 saturated carbocycles. The van der Waals surface area contributed by atoms with Gasteiger partial charge in [-0.05, 0) is 36.2 Å². The number of para-hydroxylation sites is 1. The molecule has 7 nitrogen and oxygen atoms in total. The Morgan fingerprint density at radius 2 is 1.65 bits per heavy atom. The van der Waals surface area contributed by atoms with Crippen LogP contribution in [0.15, 0.2) is 71.8 Å². The second-order valence-electron chi connectivity index (χ2n) is 7.06. The van der Waals surface area contributed by atoms with Gasteiger partial charge in [-0.1, -0.05) is 65.7 Å². The van der Waals surface area contributed by atoms with Crippen LogP contribution in [0, 0.1) is 0 Å². The molecular formula is C25H23Cl2N3O4. The normalized spacial score (nSPS) is 10.7. The van der Waals surface area contributed by atoms with E-state index in [9.17, 15) is 9.59 Å². The number of hydrogen-bond donors (Lipinski definition) is 2. The second kappa shape index (κ2) is 12.6. The Bertz CT molecular complexity index is 1150.